The van der Waals surface area contributed by atoms with Gasteiger partial charge >= 0.3 is 18.0 Å². The lowest BCUT2D eigenvalue weighted by Gasteiger charge is -2.17. The van der Waals surface area contributed by atoms with Crippen molar-refractivity contribution in [1.82, 2.24) is 10.2 Å². The summed E-state index contributed by atoms with van der Waals surface area (Å²) >= 11 is 0. The maximum Gasteiger partial charge on any atom is 0.419 e. The molecule has 6 nitrogen and oxygen atoms in total. The molecular formula is C17H19F4N3O3. The van der Waals surface area contributed by atoms with Gasteiger partial charge in [0.25, 0.3) is 0 Å². The number of alkyl halides is 3. The molecule has 1 heterocycles. The molecule has 2 rings (SSSR count). The largest absolute Gasteiger partial charge is 0.419 e. The third kappa shape index (κ3) is 5.18. The highest BCUT2D eigenvalue weighted by atomic mass is 19.4. The van der Waals surface area contributed by atoms with Gasteiger partial charge in [-0.3, -0.25) is 14.4 Å². The molecule has 1 aromatic carbocycles. The Hall–Kier alpha value is -2.65. The van der Waals surface area contributed by atoms with E-state index in [4.69, 9.17) is 0 Å². The van der Waals surface area contributed by atoms with E-state index < -0.39 is 41.2 Å². The Labute approximate surface area is 152 Å². The third-order valence-corrected chi connectivity index (χ3v) is 4.00. The van der Waals surface area contributed by atoms with Crippen molar-refractivity contribution in [2.24, 2.45) is 5.92 Å². The van der Waals surface area contributed by atoms with Crippen LogP contribution in [0.2, 0.25) is 0 Å². The quantitative estimate of drug-likeness (QED) is 0.614. The number of nitrogens with zero attached hydrogens (tertiary/aromatic N) is 1. The fourth-order valence-electron chi connectivity index (χ4n) is 2.69. The Kier molecular flexibility index (Phi) is 6.07. The van der Waals surface area contributed by atoms with E-state index in [1.165, 1.54) is 4.90 Å². The molecule has 1 aromatic rings. The van der Waals surface area contributed by atoms with Crippen LogP contribution in [-0.4, -0.2) is 41.8 Å². The maximum atomic E-state index is 13.3. The van der Waals surface area contributed by atoms with Crippen LogP contribution in [0, 0.1) is 11.7 Å². The summed E-state index contributed by atoms with van der Waals surface area (Å²) in [6.45, 7) is 3.55. The van der Waals surface area contributed by atoms with E-state index in [1.807, 2.05) is 0 Å². The highest BCUT2D eigenvalue weighted by molar-refractivity contribution is 6.35. The molecule has 1 saturated heterocycles. The summed E-state index contributed by atoms with van der Waals surface area (Å²) in [5.74, 6) is -4.26. The van der Waals surface area contributed by atoms with Crippen LogP contribution < -0.4 is 10.6 Å². The van der Waals surface area contributed by atoms with Crippen molar-refractivity contribution < 1.29 is 31.9 Å². The lowest BCUT2D eigenvalue weighted by Crippen LogP contribution is -2.44. The first-order valence-corrected chi connectivity index (χ1v) is 8.26. The van der Waals surface area contributed by atoms with Gasteiger partial charge in [0.2, 0.25) is 5.91 Å². The van der Waals surface area contributed by atoms with Gasteiger partial charge in [0.1, 0.15) is 5.82 Å². The Balaban J connectivity index is 2.00. The molecule has 1 atom stereocenters. The van der Waals surface area contributed by atoms with E-state index >= 15 is 0 Å². The number of rotatable bonds is 3. The Morgan fingerprint density at radius 3 is 2.48 bits per heavy atom. The predicted octanol–water partition coefficient (Wildman–Crippen LogP) is 2.16. The van der Waals surface area contributed by atoms with Crippen LogP contribution in [0.3, 0.4) is 0 Å². The number of likely N-dealkylation sites (tertiary alicyclic amines) is 1. The average molecular weight is 389 g/mol. The number of amides is 3. The first-order valence-electron chi connectivity index (χ1n) is 8.26. The number of carbonyl (C=O) groups excluding carboxylic acids is 3. The van der Waals surface area contributed by atoms with Crippen molar-refractivity contribution in [3.63, 3.8) is 0 Å². The number of carbonyl (C=O) groups is 3. The highest BCUT2D eigenvalue weighted by Gasteiger charge is 2.36. The van der Waals surface area contributed by atoms with Crippen LogP contribution in [0.15, 0.2) is 18.2 Å². The number of anilines is 1. The smallest absolute Gasteiger partial charge is 0.346 e. The molecule has 0 unspecified atom stereocenters. The van der Waals surface area contributed by atoms with Crippen molar-refractivity contribution in [3.8, 4) is 0 Å². The topological polar surface area (TPSA) is 78.5 Å². The van der Waals surface area contributed by atoms with Gasteiger partial charge in [-0.05, 0) is 38.5 Å². The fraction of sp³-hybridized carbons (Fsp3) is 0.471. The third-order valence-electron chi connectivity index (χ3n) is 4.00. The second-order valence-electron chi connectivity index (χ2n) is 6.55. The zero-order chi connectivity index (χ0) is 20.4. The standard InChI is InChI=1S/C17H19F4N3O3/c1-9(2)22-15(26)16(27)24-6-5-10(8-24)14(25)23-11-3-4-13(18)12(7-11)17(19,20)21/h3-4,7,9-10H,5-6,8H2,1-2H3,(H,22,26)(H,23,25)/t10-/m0/s1. The van der Waals surface area contributed by atoms with Gasteiger partial charge < -0.3 is 15.5 Å². The monoisotopic (exact) mass is 389 g/mol. The van der Waals surface area contributed by atoms with E-state index in [9.17, 15) is 31.9 Å². The highest BCUT2D eigenvalue weighted by Crippen LogP contribution is 2.33. The summed E-state index contributed by atoms with van der Waals surface area (Å²) < 4.78 is 51.5. The molecule has 27 heavy (non-hydrogen) atoms. The minimum absolute atomic E-state index is 0.0243. The van der Waals surface area contributed by atoms with E-state index in [2.05, 4.69) is 10.6 Å². The molecule has 10 heteroatoms. The average Bonchev–Trinajstić information content (AvgIpc) is 3.04. The van der Waals surface area contributed by atoms with Gasteiger partial charge in [-0.2, -0.15) is 13.2 Å². The summed E-state index contributed by atoms with van der Waals surface area (Å²) in [6, 6.07) is 1.95. The van der Waals surface area contributed by atoms with Crippen LogP contribution in [-0.2, 0) is 20.6 Å². The van der Waals surface area contributed by atoms with Gasteiger partial charge in [-0.15, -0.1) is 0 Å². The lowest BCUT2D eigenvalue weighted by atomic mass is 10.1. The first kappa shape index (κ1) is 20.7. The molecule has 0 bridgehead atoms. The van der Waals surface area contributed by atoms with Crippen LogP contribution >= 0.6 is 0 Å². The van der Waals surface area contributed by atoms with Gasteiger partial charge in [0.05, 0.1) is 11.5 Å². The van der Waals surface area contributed by atoms with Gasteiger partial charge in [-0.25, -0.2) is 4.39 Å². The minimum Gasteiger partial charge on any atom is -0.346 e. The molecule has 2 N–H and O–H groups in total. The minimum atomic E-state index is -4.88. The lowest BCUT2D eigenvalue weighted by molar-refractivity contribution is -0.145. The second-order valence-corrected chi connectivity index (χ2v) is 6.55. The van der Waals surface area contributed by atoms with Gasteiger partial charge in [0, 0.05) is 24.8 Å². The maximum absolute atomic E-state index is 13.3. The Morgan fingerprint density at radius 2 is 1.89 bits per heavy atom. The molecule has 1 aliphatic rings. The van der Waals surface area contributed by atoms with Crippen molar-refractivity contribution in [2.75, 3.05) is 18.4 Å². The van der Waals surface area contributed by atoms with Crippen LogP contribution in [0.1, 0.15) is 25.8 Å². The number of benzene rings is 1. The van der Waals surface area contributed by atoms with Crippen molar-refractivity contribution in [2.45, 2.75) is 32.5 Å². The zero-order valence-electron chi connectivity index (χ0n) is 14.7. The fourth-order valence-corrected chi connectivity index (χ4v) is 2.69. The number of nitrogens with one attached hydrogen (secondary N) is 2. The zero-order valence-corrected chi connectivity index (χ0v) is 14.7. The predicted molar refractivity (Wildman–Crippen MR) is 88.0 cm³/mol. The van der Waals surface area contributed by atoms with E-state index in [-0.39, 0.29) is 31.2 Å². The normalized spacial score (nSPS) is 17.1. The Morgan fingerprint density at radius 1 is 1.22 bits per heavy atom. The molecule has 0 aromatic heterocycles. The molecule has 3 amide bonds. The Bertz CT molecular complexity index is 749. The first-order chi connectivity index (χ1) is 12.5. The number of hydrogen-bond donors (Lipinski definition) is 2. The molecule has 0 aliphatic carbocycles. The molecule has 1 aliphatic heterocycles. The molecule has 148 valence electrons. The van der Waals surface area contributed by atoms with E-state index in [0.717, 1.165) is 6.07 Å². The van der Waals surface area contributed by atoms with Gasteiger partial charge in [0.15, 0.2) is 0 Å². The van der Waals surface area contributed by atoms with Crippen molar-refractivity contribution >= 4 is 23.4 Å². The second kappa shape index (κ2) is 7.93. The summed E-state index contributed by atoms with van der Waals surface area (Å²) in [5.41, 5.74) is -1.68. The molecule has 0 spiro atoms. The summed E-state index contributed by atoms with van der Waals surface area (Å²) in [6.07, 6.45) is -4.62. The van der Waals surface area contributed by atoms with Crippen LogP contribution in [0.5, 0.6) is 0 Å². The molecular weight excluding hydrogens is 370 g/mol. The summed E-state index contributed by atoms with van der Waals surface area (Å²) in [7, 11) is 0. The number of halogens is 4. The SMILES string of the molecule is CC(C)NC(=O)C(=O)N1CC[C@H](C(=O)Nc2ccc(F)c(C(F)(F)F)c2)C1. The van der Waals surface area contributed by atoms with Gasteiger partial charge in [-0.1, -0.05) is 0 Å². The molecule has 0 radical (unpaired) electrons. The van der Waals surface area contributed by atoms with Crippen molar-refractivity contribution in [3.05, 3.63) is 29.6 Å². The van der Waals surface area contributed by atoms with Crippen LogP contribution in [0.25, 0.3) is 0 Å². The summed E-state index contributed by atoms with van der Waals surface area (Å²) in [5, 5.41) is 4.76. The van der Waals surface area contributed by atoms with E-state index in [0.29, 0.717) is 12.1 Å². The van der Waals surface area contributed by atoms with Crippen LogP contribution in [0.4, 0.5) is 23.2 Å². The van der Waals surface area contributed by atoms with E-state index in [1.54, 1.807) is 13.8 Å². The summed E-state index contributed by atoms with van der Waals surface area (Å²) in [4.78, 5) is 37.2. The van der Waals surface area contributed by atoms with Crippen molar-refractivity contribution in [1.29, 1.82) is 0 Å². The molecule has 1 fully saturated rings. The number of hydrogen-bond acceptors (Lipinski definition) is 3. The molecule has 0 saturated carbocycles.